The number of phenolic OH excluding ortho intramolecular Hbond substituents is 1. The van der Waals surface area contributed by atoms with Gasteiger partial charge in [-0.25, -0.2) is 0 Å². The van der Waals surface area contributed by atoms with Gasteiger partial charge in [0.15, 0.2) is 0 Å². The van der Waals surface area contributed by atoms with Crippen LogP contribution in [0.5, 0.6) is 5.75 Å². The molecule has 0 amide bonds. The second-order valence-electron chi connectivity index (χ2n) is 5.73. The highest BCUT2D eigenvalue weighted by Gasteiger charge is 2.44. The summed E-state index contributed by atoms with van der Waals surface area (Å²) in [6.45, 7) is 1.96. The minimum absolute atomic E-state index is 0.388. The Balaban J connectivity index is 1.92. The fourth-order valence-electron chi connectivity index (χ4n) is 3.84. The third kappa shape index (κ3) is 1.26. The van der Waals surface area contributed by atoms with E-state index in [4.69, 9.17) is 0 Å². The highest BCUT2D eigenvalue weighted by molar-refractivity contribution is 5.73. The van der Waals surface area contributed by atoms with Crippen molar-refractivity contribution in [3.8, 4) is 5.75 Å². The van der Waals surface area contributed by atoms with E-state index in [-0.39, 0.29) is 0 Å². The molecule has 2 nitrogen and oxygen atoms in total. The van der Waals surface area contributed by atoms with Gasteiger partial charge in [-0.15, -0.1) is 0 Å². The zero-order chi connectivity index (χ0) is 13.1. The fraction of sp³-hybridized carbons (Fsp3) is 0.294. The molecular weight excluding hydrogens is 234 g/mol. The molecule has 0 bridgehead atoms. The van der Waals surface area contributed by atoms with Gasteiger partial charge >= 0.3 is 0 Å². The van der Waals surface area contributed by atoms with Gasteiger partial charge in [-0.05, 0) is 35.6 Å². The second kappa shape index (κ2) is 3.53. The van der Waals surface area contributed by atoms with E-state index >= 15 is 0 Å². The number of fused-ring (bicyclic) bond motifs is 5. The number of anilines is 1. The van der Waals surface area contributed by atoms with Crippen LogP contribution in [0.4, 0.5) is 5.69 Å². The Morgan fingerprint density at radius 3 is 2.74 bits per heavy atom. The van der Waals surface area contributed by atoms with Crippen LogP contribution < -0.4 is 4.90 Å². The highest BCUT2D eigenvalue weighted by atomic mass is 16.3. The summed E-state index contributed by atoms with van der Waals surface area (Å²) in [5.41, 5.74) is 6.16. The van der Waals surface area contributed by atoms with Crippen LogP contribution in [0, 0.1) is 6.92 Å². The third-order valence-corrected chi connectivity index (χ3v) is 4.75. The van der Waals surface area contributed by atoms with Gasteiger partial charge in [-0.3, -0.25) is 0 Å². The average Bonchev–Trinajstić information content (AvgIpc) is 2.91. The van der Waals surface area contributed by atoms with E-state index in [0.29, 0.717) is 17.7 Å². The van der Waals surface area contributed by atoms with Gasteiger partial charge in [-0.1, -0.05) is 36.4 Å². The van der Waals surface area contributed by atoms with E-state index < -0.39 is 0 Å². The largest absolute Gasteiger partial charge is 0.505 e. The molecule has 2 aromatic carbocycles. The van der Waals surface area contributed by atoms with Gasteiger partial charge < -0.3 is 10.0 Å². The molecule has 2 aromatic rings. The molecule has 2 atom stereocenters. The van der Waals surface area contributed by atoms with Crippen molar-refractivity contribution in [1.29, 1.82) is 0 Å². The maximum Gasteiger partial charge on any atom is 0.142 e. The van der Waals surface area contributed by atoms with Crippen LogP contribution in [0.25, 0.3) is 0 Å². The van der Waals surface area contributed by atoms with Crippen molar-refractivity contribution >= 4 is 5.69 Å². The maximum absolute atomic E-state index is 10.4. The number of aromatic hydroxyl groups is 1. The summed E-state index contributed by atoms with van der Waals surface area (Å²) in [5, 5.41) is 10.4. The number of hydrogen-bond acceptors (Lipinski definition) is 2. The van der Waals surface area contributed by atoms with Crippen molar-refractivity contribution in [2.24, 2.45) is 0 Å². The molecule has 1 heterocycles. The summed E-state index contributed by atoms with van der Waals surface area (Å²) in [7, 11) is 2.10. The summed E-state index contributed by atoms with van der Waals surface area (Å²) in [5.74, 6) is 0.941. The lowest BCUT2D eigenvalue weighted by Gasteiger charge is -2.23. The molecule has 1 aliphatic carbocycles. The van der Waals surface area contributed by atoms with Gasteiger partial charge in [0.2, 0.25) is 0 Å². The Kier molecular flexibility index (Phi) is 2.03. The second-order valence-corrected chi connectivity index (χ2v) is 5.73. The predicted molar refractivity (Wildman–Crippen MR) is 76.9 cm³/mol. The number of rotatable bonds is 0. The van der Waals surface area contributed by atoms with Crippen molar-refractivity contribution in [2.45, 2.75) is 25.3 Å². The number of hydrogen-bond donors (Lipinski definition) is 1. The molecule has 1 aliphatic heterocycles. The lowest BCUT2D eigenvalue weighted by atomic mass is 9.95. The molecule has 2 aliphatic rings. The molecule has 0 fully saturated rings. The van der Waals surface area contributed by atoms with Gasteiger partial charge in [0.25, 0.3) is 0 Å². The molecule has 4 rings (SSSR count). The van der Waals surface area contributed by atoms with Crippen LogP contribution in [0.2, 0.25) is 0 Å². The first-order chi connectivity index (χ1) is 9.18. The zero-order valence-corrected chi connectivity index (χ0v) is 11.2. The van der Waals surface area contributed by atoms with Crippen molar-refractivity contribution in [1.82, 2.24) is 0 Å². The van der Waals surface area contributed by atoms with E-state index in [0.717, 1.165) is 17.7 Å². The Labute approximate surface area is 113 Å². The molecule has 0 unspecified atom stereocenters. The smallest absolute Gasteiger partial charge is 0.142 e. The van der Waals surface area contributed by atoms with Crippen molar-refractivity contribution in [2.75, 3.05) is 11.9 Å². The Bertz CT molecular complexity index is 677. The average molecular weight is 251 g/mol. The lowest BCUT2D eigenvalue weighted by molar-refractivity contribution is 0.471. The Morgan fingerprint density at radius 2 is 1.89 bits per heavy atom. The lowest BCUT2D eigenvalue weighted by Crippen LogP contribution is -2.19. The monoisotopic (exact) mass is 251 g/mol. The molecule has 0 aromatic heterocycles. The Morgan fingerprint density at radius 1 is 1.11 bits per heavy atom. The first kappa shape index (κ1) is 10.9. The van der Waals surface area contributed by atoms with Crippen molar-refractivity contribution in [3.05, 3.63) is 58.7 Å². The van der Waals surface area contributed by atoms with Crippen LogP contribution in [-0.4, -0.2) is 12.2 Å². The van der Waals surface area contributed by atoms with Gasteiger partial charge in [0, 0.05) is 13.0 Å². The SMILES string of the molecule is Cc1ccc2c(c1O)N(C)[C@H]1c3ccccc3C[C@@H]21. The molecular formula is C17H17NO. The Hall–Kier alpha value is -1.96. The molecule has 96 valence electrons. The number of phenols is 1. The fourth-order valence-corrected chi connectivity index (χ4v) is 3.84. The summed E-state index contributed by atoms with van der Waals surface area (Å²) < 4.78 is 0. The third-order valence-electron chi connectivity index (χ3n) is 4.75. The van der Waals surface area contributed by atoms with Crippen LogP contribution in [-0.2, 0) is 6.42 Å². The molecule has 0 radical (unpaired) electrons. The van der Waals surface area contributed by atoms with Gasteiger partial charge in [-0.2, -0.15) is 0 Å². The minimum atomic E-state index is 0.388. The number of aryl methyl sites for hydroxylation is 1. The summed E-state index contributed by atoms with van der Waals surface area (Å²) in [6, 6.07) is 13.3. The van der Waals surface area contributed by atoms with Gasteiger partial charge in [0.1, 0.15) is 5.75 Å². The van der Waals surface area contributed by atoms with Crippen LogP contribution in [0.15, 0.2) is 36.4 Å². The summed E-state index contributed by atoms with van der Waals surface area (Å²) in [4.78, 5) is 2.26. The minimum Gasteiger partial charge on any atom is -0.505 e. The molecule has 0 saturated heterocycles. The van der Waals surface area contributed by atoms with Crippen LogP contribution >= 0.6 is 0 Å². The number of benzene rings is 2. The molecule has 1 N–H and O–H groups in total. The zero-order valence-electron chi connectivity index (χ0n) is 11.2. The number of nitrogens with zero attached hydrogens (tertiary/aromatic N) is 1. The molecule has 0 saturated carbocycles. The van der Waals surface area contributed by atoms with Crippen molar-refractivity contribution < 1.29 is 5.11 Å². The number of likely N-dealkylation sites (N-methyl/N-ethyl adjacent to an activating group) is 1. The summed E-state index contributed by atoms with van der Waals surface area (Å²) in [6.07, 6.45) is 1.08. The van der Waals surface area contributed by atoms with E-state index in [1.807, 2.05) is 13.0 Å². The van der Waals surface area contributed by atoms with E-state index in [1.165, 1.54) is 16.7 Å². The first-order valence-electron chi connectivity index (χ1n) is 6.81. The van der Waals surface area contributed by atoms with Crippen LogP contribution in [0.1, 0.15) is 34.2 Å². The maximum atomic E-state index is 10.4. The normalized spacial score (nSPS) is 23.2. The predicted octanol–water partition coefficient (Wildman–Crippen LogP) is 3.53. The molecule has 19 heavy (non-hydrogen) atoms. The van der Waals surface area contributed by atoms with E-state index in [9.17, 15) is 5.11 Å². The summed E-state index contributed by atoms with van der Waals surface area (Å²) >= 11 is 0. The standard InChI is InChI=1S/C17H17NO/c1-10-7-8-13-14-9-11-5-3-4-6-12(11)15(14)18(2)16(13)17(10)19/h3-8,14-15,19H,9H2,1-2H3/t14-,15-/m0/s1. The van der Waals surface area contributed by atoms with E-state index in [1.54, 1.807) is 0 Å². The van der Waals surface area contributed by atoms with Crippen molar-refractivity contribution in [3.63, 3.8) is 0 Å². The van der Waals surface area contributed by atoms with E-state index in [2.05, 4.69) is 42.3 Å². The quantitative estimate of drug-likeness (QED) is 0.774. The topological polar surface area (TPSA) is 23.5 Å². The molecule has 0 spiro atoms. The highest BCUT2D eigenvalue weighted by Crippen LogP contribution is 2.57. The first-order valence-corrected chi connectivity index (χ1v) is 6.81. The van der Waals surface area contributed by atoms with Gasteiger partial charge in [0.05, 0.1) is 11.7 Å². The van der Waals surface area contributed by atoms with Crippen LogP contribution in [0.3, 0.4) is 0 Å². The molecule has 2 heteroatoms.